The van der Waals surface area contributed by atoms with Crippen LogP contribution in [0.15, 0.2) is 18.2 Å². The number of hydrogen-bond donors (Lipinski definition) is 2. The van der Waals surface area contributed by atoms with E-state index in [0.29, 0.717) is 0 Å². The lowest BCUT2D eigenvalue weighted by Crippen LogP contribution is -2.29. The number of benzene rings is 1. The quantitative estimate of drug-likeness (QED) is 0.609. The Hall–Kier alpha value is -2.02. The molecule has 18 heavy (non-hydrogen) atoms. The predicted molar refractivity (Wildman–Crippen MR) is 61.6 cm³/mol. The third-order valence-corrected chi connectivity index (χ3v) is 2.33. The minimum atomic E-state index is -1.05. The normalized spacial score (nSPS) is 11.9. The molecular weight excluding hydrogens is 243 g/mol. The highest BCUT2D eigenvalue weighted by Crippen LogP contribution is 2.17. The van der Waals surface area contributed by atoms with E-state index in [1.807, 2.05) is 0 Å². The van der Waals surface area contributed by atoms with Crippen LogP contribution in [0.3, 0.4) is 0 Å². The predicted octanol–water partition coefficient (Wildman–Crippen LogP) is 1.09. The Kier molecular flexibility index (Phi) is 4.73. The zero-order valence-corrected chi connectivity index (χ0v) is 9.72. The highest BCUT2D eigenvalue weighted by Gasteiger charge is 2.16. The molecule has 0 aliphatic rings. The standard InChI is InChI=1S/C11H13FN2O4/c1-7(6-15)5-13-11(16)8-2-3-10(14(17)18)9(12)4-8/h2-4,7,15H,5-6H2,1H3,(H,13,16). The van der Waals surface area contributed by atoms with Crippen molar-refractivity contribution < 1.29 is 19.2 Å². The number of amides is 1. The maximum absolute atomic E-state index is 13.3. The molecule has 0 aliphatic heterocycles. The molecule has 0 heterocycles. The molecule has 0 spiro atoms. The first kappa shape index (κ1) is 14.0. The van der Waals surface area contributed by atoms with E-state index in [2.05, 4.69) is 5.32 Å². The SMILES string of the molecule is CC(CO)CNC(=O)c1ccc([N+](=O)[O-])c(F)c1. The Morgan fingerprint density at radius 3 is 2.78 bits per heavy atom. The Morgan fingerprint density at radius 2 is 2.28 bits per heavy atom. The van der Waals surface area contributed by atoms with Crippen LogP contribution in [0.4, 0.5) is 10.1 Å². The highest BCUT2D eigenvalue weighted by atomic mass is 19.1. The Balaban J connectivity index is 2.76. The molecule has 1 aromatic carbocycles. The minimum absolute atomic E-state index is 0.00300. The Bertz CT molecular complexity index is 464. The van der Waals surface area contributed by atoms with E-state index in [0.717, 1.165) is 12.1 Å². The summed E-state index contributed by atoms with van der Waals surface area (Å²) in [6.45, 7) is 1.90. The fourth-order valence-electron chi connectivity index (χ4n) is 1.23. The molecule has 0 fully saturated rings. The zero-order valence-electron chi connectivity index (χ0n) is 9.72. The second-order valence-electron chi connectivity index (χ2n) is 3.92. The molecule has 0 saturated carbocycles. The van der Waals surface area contributed by atoms with Gasteiger partial charge in [0.25, 0.3) is 5.91 Å². The van der Waals surface area contributed by atoms with Gasteiger partial charge in [0.05, 0.1) is 4.92 Å². The number of aliphatic hydroxyl groups excluding tert-OH is 1. The molecule has 0 saturated heterocycles. The largest absolute Gasteiger partial charge is 0.396 e. The number of aliphatic hydroxyl groups is 1. The zero-order chi connectivity index (χ0) is 13.7. The third-order valence-electron chi connectivity index (χ3n) is 2.33. The van der Waals surface area contributed by atoms with Gasteiger partial charge in [0.1, 0.15) is 0 Å². The lowest BCUT2D eigenvalue weighted by Gasteiger charge is -2.09. The summed E-state index contributed by atoms with van der Waals surface area (Å²) >= 11 is 0. The summed E-state index contributed by atoms with van der Waals surface area (Å²) in [5, 5.41) is 21.7. The van der Waals surface area contributed by atoms with Gasteiger partial charge in [0, 0.05) is 24.8 Å². The molecule has 0 aliphatic carbocycles. The molecule has 0 radical (unpaired) electrons. The summed E-state index contributed by atoms with van der Waals surface area (Å²) in [4.78, 5) is 21.1. The van der Waals surface area contributed by atoms with Crippen molar-refractivity contribution in [1.82, 2.24) is 5.32 Å². The van der Waals surface area contributed by atoms with Gasteiger partial charge in [-0.05, 0) is 18.1 Å². The number of halogens is 1. The van der Waals surface area contributed by atoms with Gasteiger partial charge in [-0.15, -0.1) is 0 Å². The number of carbonyl (C=O) groups excluding carboxylic acids is 1. The number of nitro groups is 1. The summed E-state index contributed by atoms with van der Waals surface area (Å²) in [6, 6.07) is 2.94. The number of carbonyl (C=O) groups is 1. The Labute approximate surface area is 103 Å². The van der Waals surface area contributed by atoms with Crippen molar-refractivity contribution in [2.45, 2.75) is 6.92 Å². The van der Waals surface area contributed by atoms with E-state index in [-0.39, 0.29) is 24.6 Å². The monoisotopic (exact) mass is 256 g/mol. The molecule has 1 unspecified atom stereocenters. The second kappa shape index (κ2) is 6.06. The number of hydrogen-bond acceptors (Lipinski definition) is 4. The van der Waals surface area contributed by atoms with Gasteiger partial charge in [0.15, 0.2) is 0 Å². The highest BCUT2D eigenvalue weighted by molar-refractivity contribution is 5.94. The van der Waals surface area contributed by atoms with E-state index in [1.165, 1.54) is 6.07 Å². The molecule has 98 valence electrons. The van der Waals surface area contributed by atoms with E-state index < -0.39 is 22.3 Å². The summed E-state index contributed by atoms with van der Waals surface area (Å²) in [5.41, 5.74) is -0.668. The van der Waals surface area contributed by atoms with Crippen LogP contribution in [0.25, 0.3) is 0 Å². The van der Waals surface area contributed by atoms with Crippen LogP contribution in [0.1, 0.15) is 17.3 Å². The lowest BCUT2D eigenvalue weighted by atomic mass is 10.1. The molecule has 7 heteroatoms. The molecule has 1 amide bonds. The van der Waals surface area contributed by atoms with Gasteiger partial charge < -0.3 is 10.4 Å². The summed E-state index contributed by atoms with van der Waals surface area (Å²) in [5.74, 6) is -1.70. The van der Waals surface area contributed by atoms with Crippen molar-refractivity contribution in [2.24, 2.45) is 5.92 Å². The van der Waals surface area contributed by atoms with E-state index in [1.54, 1.807) is 6.92 Å². The fourth-order valence-corrected chi connectivity index (χ4v) is 1.23. The van der Waals surface area contributed by atoms with Crippen LogP contribution in [0.2, 0.25) is 0 Å². The van der Waals surface area contributed by atoms with E-state index >= 15 is 0 Å². The summed E-state index contributed by atoms with van der Waals surface area (Å²) in [7, 11) is 0. The topological polar surface area (TPSA) is 92.5 Å². The average molecular weight is 256 g/mol. The van der Waals surface area contributed by atoms with Crippen molar-refractivity contribution in [1.29, 1.82) is 0 Å². The molecule has 1 aromatic rings. The number of rotatable bonds is 5. The van der Waals surface area contributed by atoms with Crippen molar-refractivity contribution in [2.75, 3.05) is 13.2 Å². The van der Waals surface area contributed by atoms with Crippen molar-refractivity contribution >= 4 is 11.6 Å². The molecule has 0 aromatic heterocycles. The minimum Gasteiger partial charge on any atom is -0.396 e. The van der Waals surface area contributed by atoms with Crippen molar-refractivity contribution in [3.8, 4) is 0 Å². The van der Waals surface area contributed by atoms with Crippen molar-refractivity contribution in [3.63, 3.8) is 0 Å². The first-order chi connectivity index (χ1) is 8.45. The molecule has 1 atom stereocenters. The first-order valence-electron chi connectivity index (χ1n) is 5.28. The number of nitrogens with zero attached hydrogens (tertiary/aromatic N) is 1. The van der Waals surface area contributed by atoms with Gasteiger partial charge in [-0.2, -0.15) is 4.39 Å². The van der Waals surface area contributed by atoms with E-state index in [9.17, 15) is 19.3 Å². The molecule has 2 N–H and O–H groups in total. The van der Waals surface area contributed by atoms with Gasteiger partial charge in [-0.1, -0.05) is 6.92 Å². The van der Waals surface area contributed by atoms with E-state index in [4.69, 9.17) is 5.11 Å². The molecule has 1 rings (SSSR count). The fraction of sp³-hybridized carbons (Fsp3) is 0.364. The van der Waals surface area contributed by atoms with Crippen LogP contribution in [-0.4, -0.2) is 29.1 Å². The van der Waals surface area contributed by atoms with Crippen LogP contribution in [0, 0.1) is 21.8 Å². The van der Waals surface area contributed by atoms with Crippen LogP contribution in [-0.2, 0) is 0 Å². The van der Waals surface area contributed by atoms with Gasteiger partial charge in [-0.25, -0.2) is 0 Å². The lowest BCUT2D eigenvalue weighted by molar-refractivity contribution is -0.387. The van der Waals surface area contributed by atoms with Gasteiger partial charge in [-0.3, -0.25) is 14.9 Å². The first-order valence-corrected chi connectivity index (χ1v) is 5.28. The summed E-state index contributed by atoms with van der Waals surface area (Å²) < 4.78 is 13.3. The van der Waals surface area contributed by atoms with Crippen LogP contribution in [0.5, 0.6) is 0 Å². The number of nitro benzene ring substituents is 1. The van der Waals surface area contributed by atoms with Crippen LogP contribution >= 0.6 is 0 Å². The smallest absolute Gasteiger partial charge is 0.304 e. The maximum Gasteiger partial charge on any atom is 0.304 e. The third kappa shape index (κ3) is 3.49. The molecule has 6 nitrogen and oxygen atoms in total. The summed E-state index contributed by atoms with van der Waals surface area (Å²) in [6.07, 6.45) is 0. The van der Waals surface area contributed by atoms with Crippen LogP contribution < -0.4 is 5.32 Å². The Morgan fingerprint density at radius 1 is 1.61 bits per heavy atom. The van der Waals surface area contributed by atoms with Gasteiger partial charge >= 0.3 is 5.69 Å². The van der Waals surface area contributed by atoms with Crippen molar-refractivity contribution in [3.05, 3.63) is 39.7 Å². The molecular formula is C11H13FN2O4. The maximum atomic E-state index is 13.3. The molecule has 0 bridgehead atoms. The average Bonchev–Trinajstić information content (AvgIpc) is 2.34. The second-order valence-corrected chi connectivity index (χ2v) is 3.92. The number of nitrogens with one attached hydrogen (secondary N) is 1. The van der Waals surface area contributed by atoms with Gasteiger partial charge in [0.2, 0.25) is 5.82 Å².